The summed E-state index contributed by atoms with van der Waals surface area (Å²) in [6.07, 6.45) is 15.2. The first-order chi connectivity index (χ1) is 17.5. The molecule has 1 fully saturated rings. The number of hydrogen-bond acceptors (Lipinski definition) is 3. The summed E-state index contributed by atoms with van der Waals surface area (Å²) in [7, 11) is 0. The Morgan fingerprint density at radius 2 is 1.31 bits per heavy atom. The number of nitrogens with one attached hydrogen (secondary N) is 2. The van der Waals surface area contributed by atoms with Crippen LogP contribution in [-0.4, -0.2) is 28.9 Å². The van der Waals surface area contributed by atoms with E-state index in [0.29, 0.717) is 16.8 Å². The number of benzene rings is 2. The lowest BCUT2D eigenvalue weighted by molar-refractivity contribution is -0.131. The van der Waals surface area contributed by atoms with Gasteiger partial charge >= 0.3 is 5.97 Å². The molecule has 190 valence electrons. The lowest BCUT2D eigenvalue weighted by Gasteiger charge is -2.19. The fourth-order valence-corrected chi connectivity index (χ4v) is 4.59. The molecule has 3 N–H and O–H groups in total. The smallest absolute Gasteiger partial charge is 0.328 e. The summed E-state index contributed by atoms with van der Waals surface area (Å²) in [6, 6.07) is 16.9. The Morgan fingerprint density at radius 3 is 1.94 bits per heavy atom. The molecule has 6 heteroatoms. The molecule has 2 aromatic rings. The topological polar surface area (TPSA) is 95.5 Å². The minimum atomic E-state index is -1.20. The summed E-state index contributed by atoms with van der Waals surface area (Å²) in [6.45, 7) is 0. The highest BCUT2D eigenvalue weighted by Gasteiger charge is 2.16. The Hall–Kier alpha value is -3.67. The van der Waals surface area contributed by atoms with Crippen LogP contribution in [0, 0.1) is 0 Å². The van der Waals surface area contributed by atoms with Gasteiger partial charge in [-0.2, -0.15) is 0 Å². The highest BCUT2D eigenvalue weighted by Crippen LogP contribution is 2.30. The van der Waals surface area contributed by atoms with E-state index in [1.807, 2.05) is 42.5 Å². The molecule has 3 rings (SSSR count). The van der Waals surface area contributed by atoms with E-state index in [2.05, 4.69) is 10.6 Å². The molecule has 1 saturated carbocycles. The van der Waals surface area contributed by atoms with Crippen LogP contribution < -0.4 is 10.6 Å². The summed E-state index contributed by atoms with van der Waals surface area (Å²) >= 11 is 0. The van der Waals surface area contributed by atoms with Crippen LogP contribution in [-0.2, 0) is 14.4 Å². The molecule has 0 aliphatic heterocycles. The molecule has 0 unspecified atom stereocenters. The van der Waals surface area contributed by atoms with Crippen molar-refractivity contribution < 1.29 is 19.5 Å². The van der Waals surface area contributed by atoms with Crippen LogP contribution in [0.5, 0.6) is 0 Å². The van der Waals surface area contributed by atoms with Gasteiger partial charge in [0.05, 0.1) is 0 Å². The predicted molar refractivity (Wildman–Crippen MR) is 143 cm³/mol. The van der Waals surface area contributed by atoms with Gasteiger partial charge in [0.1, 0.15) is 0 Å². The van der Waals surface area contributed by atoms with Gasteiger partial charge in [0.15, 0.2) is 0 Å². The van der Waals surface area contributed by atoms with Crippen LogP contribution in [0.1, 0.15) is 75.3 Å². The van der Waals surface area contributed by atoms with Gasteiger partial charge in [-0.25, -0.2) is 4.79 Å². The van der Waals surface area contributed by atoms with Gasteiger partial charge in [0.2, 0.25) is 11.8 Å². The Kier molecular flexibility index (Phi) is 11.0. The fraction of sp³-hybridized carbons (Fsp3) is 0.367. The molecule has 0 spiro atoms. The van der Waals surface area contributed by atoms with Crippen molar-refractivity contribution >= 4 is 29.0 Å². The lowest BCUT2D eigenvalue weighted by Crippen LogP contribution is -2.33. The van der Waals surface area contributed by atoms with Crippen LogP contribution in [0.3, 0.4) is 0 Å². The normalized spacial score (nSPS) is 16.2. The molecular weight excluding hydrogens is 452 g/mol. The Bertz CT molecular complexity index is 1060. The Balaban J connectivity index is 1.85. The highest BCUT2D eigenvalue weighted by molar-refractivity contribution is 6.06. The van der Waals surface area contributed by atoms with E-state index >= 15 is 0 Å². The van der Waals surface area contributed by atoms with Crippen LogP contribution in [0.25, 0.3) is 5.57 Å². The first kappa shape index (κ1) is 26.9. The van der Waals surface area contributed by atoms with Crippen molar-refractivity contribution in [3.8, 4) is 0 Å². The minimum Gasteiger partial charge on any atom is -0.478 e. The van der Waals surface area contributed by atoms with Crippen molar-refractivity contribution in [3.05, 3.63) is 84.0 Å². The molecule has 2 aromatic carbocycles. The maximum atomic E-state index is 13.2. The van der Waals surface area contributed by atoms with Gasteiger partial charge in [-0.3, -0.25) is 9.59 Å². The van der Waals surface area contributed by atoms with Gasteiger partial charge in [0, 0.05) is 35.5 Å². The number of hydrogen-bond donors (Lipinski definition) is 3. The summed E-state index contributed by atoms with van der Waals surface area (Å²) in [5, 5.41) is 14.8. The third kappa shape index (κ3) is 9.17. The largest absolute Gasteiger partial charge is 0.478 e. The van der Waals surface area contributed by atoms with Crippen LogP contribution in [0.2, 0.25) is 0 Å². The first-order valence-electron chi connectivity index (χ1n) is 12.9. The minimum absolute atomic E-state index is 0.152. The SMILES string of the molecule is O=C(O)/C=C\C(=O)Nc1ccccc1C(=CC(=O)NC1CCCCCCCCCC1)c1ccccc1. The molecule has 0 radical (unpaired) electrons. The van der Waals surface area contributed by atoms with Crippen molar-refractivity contribution in [2.24, 2.45) is 0 Å². The second kappa shape index (κ2) is 14.7. The summed E-state index contributed by atoms with van der Waals surface area (Å²) in [4.78, 5) is 36.3. The van der Waals surface area contributed by atoms with Crippen LogP contribution >= 0.6 is 0 Å². The van der Waals surface area contributed by atoms with Gasteiger partial charge in [0.25, 0.3) is 0 Å². The monoisotopic (exact) mass is 488 g/mol. The number of carbonyl (C=O) groups excluding carboxylic acids is 2. The van der Waals surface area contributed by atoms with Crippen LogP contribution in [0.15, 0.2) is 72.8 Å². The van der Waals surface area contributed by atoms with Crippen LogP contribution in [0.4, 0.5) is 5.69 Å². The molecule has 0 bridgehead atoms. The number of anilines is 1. The predicted octanol–water partition coefficient (Wildman–Crippen LogP) is 6.10. The highest BCUT2D eigenvalue weighted by atomic mass is 16.4. The quantitative estimate of drug-likeness (QED) is 0.411. The molecular formula is C30H36N2O4. The zero-order chi connectivity index (χ0) is 25.6. The van der Waals surface area contributed by atoms with E-state index in [1.165, 1.54) is 38.5 Å². The number of carboxylic acids is 1. The van der Waals surface area contributed by atoms with E-state index in [-0.39, 0.29) is 11.9 Å². The van der Waals surface area contributed by atoms with E-state index in [4.69, 9.17) is 5.11 Å². The molecule has 36 heavy (non-hydrogen) atoms. The van der Waals surface area contributed by atoms with Crippen molar-refractivity contribution in [2.75, 3.05) is 5.32 Å². The average molecular weight is 489 g/mol. The molecule has 0 atom stereocenters. The Labute approximate surface area is 213 Å². The summed E-state index contributed by atoms with van der Waals surface area (Å²) < 4.78 is 0. The number of carbonyl (C=O) groups is 3. The van der Waals surface area contributed by atoms with Gasteiger partial charge in [-0.05, 0) is 30.0 Å². The zero-order valence-corrected chi connectivity index (χ0v) is 20.7. The molecule has 0 heterocycles. The van der Waals surface area contributed by atoms with Crippen molar-refractivity contribution in [3.63, 3.8) is 0 Å². The lowest BCUT2D eigenvalue weighted by atomic mass is 9.95. The van der Waals surface area contributed by atoms with Gasteiger partial charge in [-0.15, -0.1) is 0 Å². The number of para-hydroxylation sites is 1. The second-order valence-electron chi connectivity index (χ2n) is 9.24. The van der Waals surface area contributed by atoms with E-state index in [0.717, 1.165) is 43.4 Å². The summed E-state index contributed by atoms with van der Waals surface area (Å²) in [5.41, 5.74) is 2.70. The molecule has 0 saturated heterocycles. The molecule has 6 nitrogen and oxygen atoms in total. The van der Waals surface area contributed by atoms with E-state index < -0.39 is 11.9 Å². The number of rotatable bonds is 7. The third-order valence-corrected chi connectivity index (χ3v) is 6.41. The molecule has 2 amide bonds. The first-order valence-corrected chi connectivity index (χ1v) is 12.9. The maximum Gasteiger partial charge on any atom is 0.328 e. The van der Waals surface area contributed by atoms with Crippen molar-refractivity contribution in [1.82, 2.24) is 5.32 Å². The fourth-order valence-electron chi connectivity index (χ4n) is 4.59. The summed E-state index contributed by atoms with van der Waals surface area (Å²) in [5.74, 6) is -1.91. The second-order valence-corrected chi connectivity index (χ2v) is 9.24. The van der Waals surface area contributed by atoms with E-state index in [1.54, 1.807) is 18.2 Å². The van der Waals surface area contributed by atoms with Crippen molar-refractivity contribution in [1.29, 1.82) is 0 Å². The van der Waals surface area contributed by atoms with Gasteiger partial charge < -0.3 is 15.7 Å². The van der Waals surface area contributed by atoms with E-state index in [9.17, 15) is 14.4 Å². The maximum absolute atomic E-state index is 13.2. The number of aliphatic carboxylic acids is 1. The zero-order valence-electron chi connectivity index (χ0n) is 20.7. The number of amides is 2. The third-order valence-electron chi connectivity index (χ3n) is 6.41. The molecule has 0 aromatic heterocycles. The molecule has 1 aliphatic carbocycles. The average Bonchev–Trinajstić information content (AvgIpc) is 2.93. The standard InChI is InChI=1S/C30H36N2O4/c33-28(20-21-30(35)36)32-27-19-13-12-18-25(27)26(23-14-8-7-9-15-23)22-29(34)31-24-16-10-5-3-1-2-4-6-11-17-24/h7-9,12-15,18-22,24H,1-6,10-11,16-17H2,(H,31,34)(H,32,33)(H,35,36)/b21-20-,26-22?. The Morgan fingerprint density at radius 1 is 0.722 bits per heavy atom. The van der Waals surface area contributed by atoms with Gasteiger partial charge in [-0.1, -0.05) is 99.9 Å². The number of carboxylic acid groups (broad SMARTS) is 1. The van der Waals surface area contributed by atoms with Crippen molar-refractivity contribution in [2.45, 2.75) is 70.3 Å². The molecule has 1 aliphatic rings.